The molecule has 0 heterocycles. The third-order valence-electron chi connectivity index (χ3n) is 2.89. The van der Waals surface area contributed by atoms with E-state index in [1.165, 1.54) is 17.7 Å². The number of hydrogen-bond donors (Lipinski definition) is 2. The minimum absolute atomic E-state index is 0.00983. The first-order valence-electron chi connectivity index (χ1n) is 6.00. The Bertz CT molecular complexity index is 594. The van der Waals surface area contributed by atoms with Crippen molar-refractivity contribution in [2.24, 2.45) is 0 Å². The smallest absolute Gasteiger partial charge is 0.271 e. The molecule has 2 aromatic rings. The average Bonchev–Trinajstić information content (AvgIpc) is 2.41. The Hall–Kier alpha value is -2.56. The van der Waals surface area contributed by atoms with Gasteiger partial charge in [0.15, 0.2) is 0 Å². The lowest BCUT2D eigenvalue weighted by molar-refractivity contribution is -0.384. The maximum atomic E-state index is 10.6. The van der Waals surface area contributed by atoms with Crippen LogP contribution in [0, 0.1) is 10.1 Å². The zero-order chi connectivity index (χ0) is 13.8. The van der Waals surface area contributed by atoms with Gasteiger partial charge in [-0.1, -0.05) is 19.1 Å². The van der Waals surface area contributed by atoms with E-state index in [1.807, 2.05) is 24.3 Å². The van der Waals surface area contributed by atoms with Crippen molar-refractivity contribution in [1.82, 2.24) is 0 Å². The van der Waals surface area contributed by atoms with E-state index in [2.05, 4.69) is 12.2 Å². The molecule has 0 spiro atoms. The molecule has 0 saturated heterocycles. The molecular formula is C14H15N3O2. The van der Waals surface area contributed by atoms with Crippen LogP contribution in [0.1, 0.15) is 12.5 Å². The molecule has 0 unspecified atom stereocenters. The Morgan fingerprint density at radius 1 is 1.21 bits per heavy atom. The summed E-state index contributed by atoms with van der Waals surface area (Å²) in [5.41, 5.74) is 8.96. The zero-order valence-corrected chi connectivity index (χ0v) is 10.6. The van der Waals surface area contributed by atoms with Crippen LogP contribution in [-0.4, -0.2) is 4.92 Å². The molecule has 0 bridgehead atoms. The van der Waals surface area contributed by atoms with E-state index >= 15 is 0 Å². The Kier molecular flexibility index (Phi) is 3.66. The topological polar surface area (TPSA) is 81.2 Å². The third kappa shape index (κ3) is 3.01. The summed E-state index contributed by atoms with van der Waals surface area (Å²) in [6.07, 6.45) is 0.986. The molecule has 0 aliphatic carbocycles. The van der Waals surface area contributed by atoms with Crippen LogP contribution in [0.5, 0.6) is 0 Å². The highest BCUT2D eigenvalue weighted by Gasteiger charge is 2.08. The largest absolute Gasteiger partial charge is 0.397 e. The fourth-order valence-corrected chi connectivity index (χ4v) is 1.76. The number of nitro benzene ring substituents is 1. The summed E-state index contributed by atoms with van der Waals surface area (Å²) < 4.78 is 0. The van der Waals surface area contributed by atoms with Crippen LogP contribution in [-0.2, 0) is 6.42 Å². The second-order valence-corrected chi connectivity index (χ2v) is 4.20. The normalized spacial score (nSPS) is 10.2. The number of nitrogens with one attached hydrogen (secondary N) is 1. The van der Waals surface area contributed by atoms with Gasteiger partial charge in [-0.25, -0.2) is 0 Å². The van der Waals surface area contributed by atoms with E-state index in [-0.39, 0.29) is 5.69 Å². The van der Waals surface area contributed by atoms with Crippen LogP contribution in [0.25, 0.3) is 0 Å². The van der Waals surface area contributed by atoms with Crippen LogP contribution in [0.2, 0.25) is 0 Å². The maximum absolute atomic E-state index is 10.6. The molecule has 3 N–H and O–H groups in total. The van der Waals surface area contributed by atoms with Gasteiger partial charge in [0.05, 0.1) is 16.3 Å². The van der Waals surface area contributed by atoms with E-state index in [9.17, 15) is 10.1 Å². The molecule has 5 heteroatoms. The molecule has 2 aromatic carbocycles. The summed E-state index contributed by atoms with van der Waals surface area (Å²) in [6, 6.07) is 12.4. The molecule has 0 aliphatic rings. The Morgan fingerprint density at radius 3 is 2.42 bits per heavy atom. The molecule has 0 aromatic heterocycles. The lowest BCUT2D eigenvalue weighted by Gasteiger charge is -2.09. The number of nitrogens with zero attached hydrogens (tertiary/aromatic N) is 1. The number of aryl methyl sites for hydroxylation is 1. The van der Waals surface area contributed by atoms with Gasteiger partial charge in [0.25, 0.3) is 5.69 Å². The minimum atomic E-state index is -0.462. The Balaban J connectivity index is 2.20. The first-order valence-corrected chi connectivity index (χ1v) is 6.00. The van der Waals surface area contributed by atoms with Crippen LogP contribution in [0.15, 0.2) is 42.5 Å². The van der Waals surface area contributed by atoms with Crippen molar-refractivity contribution in [2.75, 3.05) is 11.1 Å². The number of nitro groups is 1. The molecule has 0 saturated carbocycles. The molecule has 0 atom stereocenters. The predicted molar refractivity (Wildman–Crippen MR) is 76.6 cm³/mol. The Labute approximate surface area is 111 Å². The monoisotopic (exact) mass is 257 g/mol. The summed E-state index contributed by atoms with van der Waals surface area (Å²) in [5, 5.41) is 13.8. The van der Waals surface area contributed by atoms with Crippen LogP contribution >= 0.6 is 0 Å². The van der Waals surface area contributed by atoms with Crippen molar-refractivity contribution in [3.8, 4) is 0 Å². The molecule has 0 fully saturated rings. The highest BCUT2D eigenvalue weighted by molar-refractivity contribution is 5.74. The van der Waals surface area contributed by atoms with Gasteiger partial charge < -0.3 is 11.1 Å². The molecular weight excluding hydrogens is 242 g/mol. The number of nitrogens with two attached hydrogens (primary N) is 1. The van der Waals surface area contributed by atoms with Gasteiger partial charge in [-0.3, -0.25) is 10.1 Å². The standard InChI is InChI=1S/C14H15N3O2/c1-2-10-3-5-11(6-4-10)16-14-8-7-12(17(18)19)9-13(14)15/h3-9,16H,2,15H2,1H3. The molecule has 0 amide bonds. The summed E-state index contributed by atoms with van der Waals surface area (Å²) in [6.45, 7) is 2.09. The van der Waals surface area contributed by atoms with Crippen LogP contribution in [0.4, 0.5) is 22.7 Å². The second kappa shape index (κ2) is 5.39. The molecule has 2 rings (SSSR count). The number of anilines is 3. The highest BCUT2D eigenvalue weighted by Crippen LogP contribution is 2.27. The van der Waals surface area contributed by atoms with Crippen molar-refractivity contribution < 1.29 is 4.92 Å². The van der Waals surface area contributed by atoms with Gasteiger partial charge in [-0.15, -0.1) is 0 Å². The quantitative estimate of drug-likeness (QED) is 0.499. The predicted octanol–water partition coefficient (Wildman–Crippen LogP) is 3.48. The maximum Gasteiger partial charge on any atom is 0.271 e. The number of benzene rings is 2. The number of rotatable bonds is 4. The van der Waals surface area contributed by atoms with E-state index in [4.69, 9.17) is 5.73 Å². The summed E-state index contributed by atoms with van der Waals surface area (Å²) in [4.78, 5) is 10.2. The summed E-state index contributed by atoms with van der Waals surface area (Å²) in [5.74, 6) is 0. The van der Waals surface area contributed by atoms with Crippen molar-refractivity contribution in [3.63, 3.8) is 0 Å². The van der Waals surface area contributed by atoms with Crippen molar-refractivity contribution in [3.05, 3.63) is 58.1 Å². The summed E-state index contributed by atoms with van der Waals surface area (Å²) >= 11 is 0. The molecule has 0 radical (unpaired) electrons. The van der Waals surface area contributed by atoms with Crippen LogP contribution < -0.4 is 11.1 Å². The van der Waals surface area contributed by atoms with Crippen molar-refractivity contribution in [1.29, 1.82) is 0 Å². The average molecular weight is 257 g/mol. The molecule has 0 aliphatic heterocycles. The molecule has 98 valence electrons. The molecule has 5 nitrogen and oxygen atoms in total. The zero-order valence-electron chi connectivity index (χ0n) is 10.6. The number of nitrogen functional groups attached to an aromatic ring is 1. The van der Waals surface area contributed by atoms with E-state index in [1.54, 1.807) is 6.07 Å². The van der Waals surface area contributed by atoms with Gasteiger partial charge in [-0.2, -0.15) is 0 Å². The SMILES string of the molecule is CCc1ccc(Nc2ccc([N+](=O)[O-])cc2N)cc1. The number of hydrogen-bond acceptors (Lipinski definition) is 4. The summed E-state index contributed by atoms with van der Waals surface area (Å²) in [7, 11) is 0. The lowest BCUT2D eigenvalue weighted by Crippen LogP contribution is -1.98. The fraction of sp³-hybridized carbons (Fsp3) is 0.143. The second-order valence-electron chi connectivity index (χ2n) is 4.20. The Morgan fingerprint density at radius 2 is 1.89 bits per heavy atom. The van der Waals surface area contributed by atoms with Crippen molar-refractivity contribution in [2.45, 2.75) is 13.3 Å². The van der Waals surface area contributed by atoms with Gasteiger partial charge in [-0.05, 0) is 30.2 Å². The van der Waals surface area contributed by atoms with Gasteiger partial charge >= 0.3 is 0 Å². The fourth-order valence-electron chi connectivity index (χ4n) is 1.76. The van der Waals surface area contributed by atoms with Gasteiger partial charge in [0.1, 0.15) is 0 Å². The van der Waals surface area contributed by atoms with E-state index in [0.717, 1.165) is 12.1 Å². The van der Waals surface area contributed by atoms with Gasteiger partial charge in [0, 0.05) is 17.8 Å². The first-order chi connectivity index (χ1) is 9.10. The van der Waals surface area contributed by atoms with E-state index < -0.39 is 4.92 Å². The van der Waals surface area contributed by atoms with Gasteiger partial charge in [0.2, 0.25) is 0 Å². The third-order valence-corrected chi connectivity index (χ3v) is 2.89. The van der Waals surface area contributed by atoms with Crippen LogP contribution in [0.3, 0.4) is 0 Å². The number of non-ortho nitro benzene ring substituents is 1. The first kappa shape index (κ1) is 12.9. The minimum Gasteiger partial charge on any atom is -0.397 e. The lowest BCUT2D eigenvalue weighted by atomic mass is 10.1. The van der Waals surface area contributed by atoms with Crippen molar-refractivity contribution >= 4 is 22.7 Å². The highest BCUT2D eigenvalue weighted by atomic mass is 16.6. The molecule has 19 heavy (non-hydrogen) atoms. The van der Waals surface area contributed by atoms with E-state index in [0.29, 0.717) is 11.4 Å².